The minimum absolute atomic E-state index is 0.0535. The quantitative estimate of drug-likeness (QED) is 0.726. The number of furan rings is 1. The molecule has 0 aliphatic carbocycles. The maximum absolute atomic E-state index is 12.3. The summed E-state index contributed by atoms with van der Waals surface area (Å²) in [4.78, 5) is 14.3. The van der Waals surface area contributed by atoms with Gasteiger partial charge in [-0.1, -0.05) is 13.8 Å². The summed E-state index contributed by atoms with van der Waals surface area (Å²) in [6, 6.07) is 4.28. The van der Waals surface area contributed by atoms with E-state index in [1.165, 1.54) is 0 Å². The predicted molar refractivity (Wildman–Crippen MR) is 78.8 cm³/mol. The van der Waals surface area contributed by atoms with Gasteiger partial charge in [0.1, 0.15) is 11.5 Å². The van der Waals surface area contributed by atoms with Crippen molar-refractivity contribution in [2.45, 2.75) is 59.5 Å². The van der Waals surface area contributed by atoms with Crippen LogP contribution in [0, 0.1) is 6.92 Å². The Labute approximate surface area is 116 Å². The molecule has 0 aliphatic rings. The Morgan fingerprint density at radius 1 is 1.26 bits per heavy atom. The van der Waals surface area contributed by atoms with Crippen LogP contribution < -0.4 is 0 Å². The van der Waals surface area contributed by atoms with Crippen molar-refractivity contribution >= 4 is 12.0 Å². The van der Waals surface area contributed by atoms with Gasteiger partial charge in [0.25, 0.3) is 0 Å². The highest BCUT2D eigenvalue weighted by Crippen LogP contribution is 2.14. The van der Waals surface area contributed by atoms with Crippen LogP contribution in [0.3, 0.4) is 0 Å². The minimum Gasteiger partial charge on any atom is -0.462 e. The fourth-order valence-corrected chi connectivity index (χ4v) is 2.04. The SMILES string of the molecule is CCC(C)N(C(=O)C=Cc1ccc(C)o1)C(C)CC. The largest absolute Gasteiger partial charge is 0.462 e. The Morgan fingerprint density at radius 3 is 2.26 bits per heavy atom. The van der Waals surface area contributed by atoms with E-state index in [2.05, 4.69) is 27.7 Å². The third-order valence-electron chi connectivity index (χ3n) is 3.54. The van der Waals surface area contributed by atoms with Crippen molar-refractivity contribution in [3.63, 3.8) is 0 Å². The molecule has 3 nitrogen and oxygen atoms in total. The number of carbonyl (C=O) groups is 1. The number of hydrogen-bond acceptors (Lipinski definition) is 2. The summed E-state index contributed by atoms with van der Waals surface area (Å²) < 4.78 is 5.43. The van der Waals surface area contributed by atoms with E-state index in [0.29, 0.717) is 0 Å². The molecule has 3 heteroatoms. The summed E-state index contributed by atoms with van der Waals surface area (Å²) in [6.07, 6.45) is 5.28. The monoisotopic (exact) mass is 263 g/mol. The second kappa shape index (κ2) is 7.17. The molecule has 2 unspecified atom stereocenters. The Hall–Kier alpha value is -1.51. The van der Waals surface area contributed by atoms with Gasteiger partial charge >= 0.3 is 0 Å². The minimum atomic E-state index is 0.0535. The van der Waals surface area contributed by atoms with Gasteiger partial charge in [-0.15, -0.1) is 0 Å². The Balaban J connectivity index is 2.79. The number of carbonyl (C=O) groups excluding carboxylic acids is 1. The summed E-state index contributed by atoms with van der Waals surface area (Å²) in [5.74, 6) is 1.63. The molecule has 0 aliphatic heterocycles. The van der Waals surface area contributed by atoms with Gasteiger partial charge in [-0.05, 0) is 51.8 Å². The van der Waals surface area contributed by atoms with Crippen molar-refractivity contribution < 1.29 is 9.21 Å². The average molecular weight is 263 g/mol. The van der Waals surface area contributed by atoms with E-state index in [0.717, 1.165) is 24.4 Å². The second-order valence-corrected chi connectivity index (χ2v) is 5.04. The van der Waals surface area contributed by atoms with Crippen molar-refractivity contribution in [1.29, 1.82) is 0 Å². The zero-order valence-electron chi connectivity index (χ0n) is 12.6. The van der Waals surface area contributed by atoms with Crippen molar-refractivity contribution in [2.24, 2.45) is 0 Å². The summed E-state index contributed by atoms with van der Waals surface area (Å²) in [7, 11) is 0. The zero-order chi connectivity index (χ0) is 14.4. The molecule has 0 spiro atoms. The molecule has 1 aromatic heterocycles. The van der Waals surface area contributed by atoms with E-state index >= 15 is 0 Å². The molecule has 106 valence electrons. The van der Waals surface area contributed by atoms with E-state index in [4.69, 9.17) is 4.42 Å². The third kappa shape index (κ3) is 4.27. The van der Waals surface area contributed by atoms with E-state index in [9.17, 15) is 4.79 Å². The van der Waals surface area contributed by atoms with Gasteiger partial charge in [0.05, 0.1) is 0 Å². The third-order valence-corrected chi connectivity index (χ3v) is 3.54. The number of aryl methyl sites for hydroxylation is 1. The lowest BCUT2D eigenvalue weighted by atomic mass is 10.1. The van der Waals surface area contributed by atoms with Crippen molar-refractivity contribution in [2.75, 3.05) is 0 Å². The molecule has 1 rings (SSSR count). The van der Waals surface area contributed by atoms with Gasteiger partial charge in [-0.2, -0.15) is 0 Å². The maximum Gasteiger partial charge on any atom is 0.247 e. The molecule has 2 atom stereocenters. The van der Waals surface area contributed by atoms with Crippen molar-refractivity contribution in [3.05, 3.63) is 29.7 Å². The van der Waals surface area contributed by atoms with E-state index in [1.54, 1.807) is 12.2 Å². The standard InChI is InChI=1S/C16H25NO2/c1-6-12(3)17(13(4)7-2)16(18)11-10-15-9-8-14(5)19-15/h8-13H,6-7H2,1-5H3. The molecular formula is C16H25NO2. The van der Waals surface area contributed by atoms with Gasteiger partial charge in [0.2, 0.25) is 5.91 Å². The summed E-state index contributed by atoms with van der Waals surface area (Å²) in [5, 5.41) is 0. The highest BCUT2D eigenvalue weighted by Gasteiger charge is 2.21. The first-order valence-electron chi connectivity index (χ1n) is 7.06. The lowest BCUT2D eigenvalue weighted by Gasteiger charge is -2.33. The number of amides is 1. The number of rotatable bonds is 6. The lowest BCUT2D eigenvalue weighted by molar-refractivity contribution is -0.130. The second-order valence-electron chi connectivity index (χ2n) is 5.04. The van der Waals surface area contributed by atoms with Crippen LogP contribution >= 0.6 is 0 Å². The van der Waals surface area contributed by atoms with Crippen LogP contribution in [-0.2, 0) is 4.79 Å². The summed E-state index contributed by atoms with van der Waals surface area (Å²) in [5.41, 5.74) is 0. The molecule has 0 bridgehead atoms. The molecule has 19 heavy (non-hydrogen) atoms. The molecule has 1 amide bonds. The number of hydrogen-bond donors (Lipinski definition) is 0. The Bertz CT molecular complexity index is 424. The van der Waals surface area contributed by atoms with Gasteiger partial charge in [0.15, 0.2) is 0 Å². The first kappa shape index (κ1) is 15.5. The van der Waals surface area contributed by atoms with Gasteiger partial charge < -0.3 is 9.32 Å². The lowest BCUT2D eigenvalue weighted by Crippen LogP contribution is -2.43. The van der Waals surface area contributed by atoms with Gasteiger partial charge in [-0.3, -0.25) is 4.79 Å². The molecule has 0 N–H and O–H groups in total. The van der Waals surface area contributed by atoms with Gasteiger partial charge in [0, 0.05) is 18.2 Å². The van der Waals surface area contributed by atoms with Crippen LogP contribution in [0.2, 0.25) is 0 Å². The van der Waals surface area contributed by atoms with Crippen molar-refractivity contribution in [3.8, 4) is 0 Å². The highest BCUT2D eigenvalue weighted by atomic mass is 16.3. The molecule has 0 saturated carbocycles. The van der Waals surface area contributed by atoms with Gasteiger partial charge in [-0.25, -0.2) is 0 Å². The summed E-state index contributed by atoms with van der Waals surface area (Å²) in [6.45, 7) is 10.3. The molecular weight excluding hydrogens is 238 g/mol. The first-order chi connectivity index (χ1) is 8.99. The van der Waals surface area contributed by atoms with E-state index < -0.39 is 0 Å². The molecule has 0 radical (unpaired) electrons. The molecule has 0 saturated heterocycles. The first-order valence-corrected chi connectivity index (χ1v) is 7.06. The van der Waals surface area contributed by atoms with Crippen LogP contribution in [-0.4, -0.2) is 22.9 Å². The molecule has 0 fully saturated rings. The van der Waals surface area contributed by atoms with Crippen LogP contribution in [0.4, 0.5) is 0 Å². The normalized spacial score (nSPS) is 14.6. The fraction of sp³-hybridized carbons (Fsp3) is 0.562. The molecule has 0 aromatic carbocycles. The van der Waals surface area contributed by atoms with Crippen LogP contribution in [0.5, 0.6) is 0 Å². The molecule has 1 heterocycles. The van der Waals surface area contributed by atoms with E-state index in [1.807, 2.05) is 24.0 Å². The van der Waals surface area contributed by atoms with E-state index in [-0.39, 0.29) is 18.0 Å². The van der Waals surface area contributed by atoms with Crippen molar-refractivity contribution in [1.82, 2.24) is 4.90 Å². The topological polar surface area (TPSA) is 33.5 Å². The van der Waals surface area contributed by atoms with Crippen LogP contribution in [0.25, 0.3) is 6.08 Å². The smallest absolute Gasteiger partial charge is 0.247 e. The average Bonchev–Trinajstić information content (AvgIpc) is 2.81. The Kier molecular flexibility index (Phi) is 5.87. The van der Waals surface area contributed by atoms with Crippen LogP contribution in [0.1, 0.15) is 52.1 Å². The predicted octanol–water partition coefficient (Wildman–Crippen LogP) is 4.03. The summed E-state index contributed by atoms with van der Waals surface area (Å²) >= 11 is 0. The van der Waals surface area contributed by atoms with Crippen LogP contribution in [0.15, 0.2) is 22.6 Å². The fourth-order valence-electron chi connectivity index (χ4n) is 2.04. The zero-order valence-corrected chi connectivity index (χ0v) is 12.6. The highest BCUT2D eigenvalue weighted by molar-refractivity contribution is 5.91. The Morgan fingerprint density at radius 2 is 1.84 bits per heavy atom. The number of nitrogens with zero attached hydrogens (tertiary/aromatic N) is 1. The maximum atomic E-state index is 12.3. The molecule has 1 aromatic rings.